The van der Waals surface area contributed by atoms with Crippen molar-refractivity contribution in [2.75, 3.05) is 39.8 Å². The van der Waals surface area contributed by atoms with E-state index < -0.39 is 0 Å². The van der Waals surface area contributed by atoms with Gasteiger partial charge in [-0.05, 0) is 31.1 Å². The second-order valence-corrected chi connectivity index (χ2v) is 5.87. The van der Waals surface area contributed by atoms with Gasteiger partial charge in [-0.3, -0.25) is 4.99 Å². The van der Waals surface area contributed by atoms with E-state index in [0.717, 1.165) is 50.9 Å². The Kier molecular flexibility index (Phi) is 7.20. The summed E-state index contributed by atoms with van der Waals surface area (Å²) in [5.74, 6) is 1.86. The van der Waals surface area contributed by atoms with Crippen LogP contribution in [-0.2, 0) is 6.42 Å². The molecular weight excluding hydrogens is 288 g/mol. The van der Waals surface area contributed by atoms with Crippen LogP contribution in [0.25, 0.3) is 0 Å². The van der Waals surface area contributed by atoms with Crippen molar-refractivity contribution in [1.82, 2.24) is 15.5 Å². The number of likely N-dealkylation sites (N-methyl/N-ethyl adjacent to an activating group) is 1. The van der Waals surface area contributed by atoms with Gasteiger partial charge in [0.25, 0.3) is 0 Å². The minimum absolute atomic E-state index is 0.179. The molecule has 0 radical (unpaired) electrons. The van der Waals surface area contributed by atoms with Crippen molar-refractivity contribution in [2.24, 2.45) is 4.99 Å². The Morgan fingerprint density at radius 3 is 2.78 bits per heavy atom. The van der Waals surface area contributed by atoms with Crippen LogP contribution in [0.3, 0.4) is 0 Å². The SMILES string of the molecule is CCCN(CC)CCNC(=NC)NCC1Cc2ccccc2O1. The maximum absolute atomic E-state index is 5.94. The largest absolute Gasteiger partial charge is 0.488 e. The number of ether oxygens (including phenoxy) is 1. The van der Waals surface area contributed by atoms with Gasteiger partial charge < -0.3 is 20.3 Å². The molecule has 0 aromatic heterocycles. The first kappa shape index (κ1) is 17.6. The third-order valence-electron chi connectivity index (χ3n) is 4.14. The van der Waals surface area contributed by atoms with E-state index in [2.05, 4.69) is 46.5 Å². The van der Waals surface area contributed by atoms with E-state index >= 15 is 0 Å². The molecule has 0 bridgehead atoms. The molecule has 1 aromatic carbocycles. The van der Waals surface area contributed by atoms with Crippen molar-refractivity contribution in [3.05, 3.63) is 29.8 Å². The van der Waals surface area contributed by atoms with Crippen LogP contribution in [0.2, 0.25) is 0 Å². The lowest BCUT2D eigenvalue weighted by Crippen LogP contribution is -2.44. The van der Waals surface area contributed by atoms with Crippen LogP contribution in [0.1, 0.15) is 25.8 Å². The molecule has 1 atom stereocenters. The molecule has 1 aliphatic rings. The fraction of sp³-hybridized carbons (Fsp3) is 0.611. The van der Waals surface area contributed by atoms with Gasteiger partial charge in [0.15, 0.2) is 5.96 Å². The number of fused-ring (bicyclic) bond motifs is 1. The van der Waals surface area contributed by atoms with Crippen LogP contribution in [-0.4, -0.2) is 56.7 Å². The molecule has 1 aromatic rings. The van der Waals surface area contributed by atoms with E-state index in [1.165, 1.54) is 12.0 Å². The molecule has 1 aliphatic heterocycles. The van der Waals surface area contributed by atoms with Crippen molar-refractivity contribution in [1.29, 1.82) is 0 Å². The summed E-state index contributed by atoms with van der Waals surface area (Å²) in [7, 11) is 1.81. The molecule has 1 unspecified atom stereocenters. The van der Waals surface area contributed by atoms with Crippen molar-refractivity contribution in [2.45, 2.75) is 32.8 Å². The summed E-state index contributed by atoms with van der Waals surface area (Å²) in [5.41, 5.74) is 1.29. The number of nitrogens with zero attached hydrogens (tertiary/aromatic N) is 2. The average Bonchev–Trinajstić information content (AvgIpc) is 2.99. The topological polar surface area (TPSA) is 48.9 Å². The normalized spacial score (nSPS) is 17.0. The summed E-state index contributed by atoms with van der Waals surface area (Å²) in [6.07, 6.45) is 2.33. The van der Waals surface area contributed by atoms with E-state index in [1.807, 2.05) is 19.2 Å². The third-order valence-corrected chi connectivity index (χ3v) is 4.14. The molecule has 1 heterocycles. The molecule has 0 aliphatic carbocycles. The fourth-order valence-electron chi connectivity index (χ4n) is 2.88. The summed E-state index contributed by atoms with van der Waals surface area (Å²) in [6, 6.07) is 8.25. The van der Waals surface area contributed by atoms with Gasteiger partial charge in [-0.25, -0.2) is 0 Å². The zero-order valence-corrected chi connectivity index (χ0v) is 14.6. The van der Waals surface area contributed by atoms with Crippen molar-refractivity contribution in [3.63, 3.8) is 0 Å². The molecule has 0 fully saturated rings. The Hall–Kier alpha value is -1.75. The number of hydrogen-bond donors (Lipinski definition) is 2. The first-order chi connectivity index (χ1) is 11.3. The molecular formula is C18H30N4O. The predicted octanol–water partition coefficient (Wildman–Crippen LogP) is 1.89. The van der Waals surface area contributed by atoms with Crippen LogP contribution >= 0.6 is 0 Å². The zero-order valence-electron chi connectivity index (χ0n) is 14.6. The maximum Gasteiger partial charge on any atom is 0.191 e. The number of rotatable bonds is 8. The molecule has 0 saturated heterocycles. The van der Waals surface area contributed by atoms with E-state index in [-0.39, 0.29) is 6.10 Å². The highest BCUT2D eigenvalue weighted by Gasteiger charge is 2.22. The highest BCUT2D eigenvalue weighted by molar-refractivity contribution is 5.79. The summed E-state index contributed by atoms with van der Waals surface area (Å²) in [5, 5.41) is 6.74. The predicted molar refractivity (Wildman–Crippen MR) is 96.3 cm³/mol. The first-order valence-corrected chi connectivity index (χ1v) is 8.68. The number of guanidine groups is 1. The van der Waals surface area contributed by atoms with Gasteiger partial charge in [-0.1, -0.05) is 32.0 Å². The minimum atomic E-state index is 0.179. The van der Waals surface area contributed by atoms with Crippen LogP contribution in [0.5, 0.6) is 5.75 Å². The molecule has 0 amide bonds. The third kappa shape index (κ3) is 5.43. The van der Waals surface area contributed by atoms with E-state index in [1.54, 1.807) is 0 Å². The number of nitrogens with one attached hydrogen (secondary N) is 2. The zero-order chi connectivity index (χ0) is 16.5. The van der Waals surface area contributed by atoms with E-state index in [0.29, 0.717) is 0 Å². The van der Waals surface area contributed by atoms with Gasteiger partial charge in [-0.2, -0.15) is 0 Å². The molecule has 2 N–H and O–H groups in total. The summed E-state index contributed by atoms with van der Waals surface area (Å²) >= 11 is 0. The van der Waals surface area contributed by atoms with Crippen LogP contribution in [0, 0.1) is 0 Å². The molecule has 2 rings (SSSR count). The molecule has 5 nitrogen and oxygen atoms in total. The van der Waals surface area contributed by atoms with Gasteiger partial charge in [0, 0.05) is 26.6 Å². The summed E-state index contributed by atoms with van der Waals surface area (Å²) in [4.78, 5) is 6.73. The lowest BCUT2D eigenvalue weighted by molar-refractivity contribution is 0.234. The second-order valence-electron chi connectivity index (χ2n) is 5.87. The Labute approximate surface area is 140 Å². The fourth-order valence-corrected chi connectivity index (χ4v) is 2.88. The molecule has 0 saturated carbocycles. The summed E-state index contributed by atoms with van der Waals surface area (Å²) < 4.78 is 5.94. The molecule has 0 spiro atoms. The van der Waals surface area contributed by atoms with E-state index in [9.17, 15) is 0 Å². The van der Waals surface area contributed by atoms with Crippen molar-refractivity contribution >= 4 is 5.96 Å². The standard InChI is InChI=1S/C18H30N4O/c1-4-11-22(5-2)12-10-20-18(19-3)21-14-16-13-15-8-6-7-9-17(15)23-16/h6-9,16H,4-5,10-14H2,1-3H3,(H2,19,20,21). The van der Waals surface area contributed by atoms with Gasteiger partial charge in [0.2, 0.25) is 0 Å². The average molecular weight is 318 g/mol. The highest BCUT2D eigenvalue weighted by Crippen LogP contribution is 2.27. The van der Waals surface area contributed by atoms with Gasteiger partial charge in [0.1, 0.15) is 11.9 Å². The number of para-hydroxylation sites is 1. The van der Waals surface area contributed by atoms with Crippen molar-refractivity contribution in [3.8, 4) is 5.75 Å². The lowest BCUT2D eigenvalue weighted by Gasteiger charge is -2.21. The second kappa shape index (κ2) is 9.40. The van der Waals surface area contributed by atoms with Gasteiger partial charge in [0.05, 0.1) is 6.54 Å². The highest BCUT2D eigenvalue weighted by atomic mass is 16.5. The maximum atomic E-state index is 5.94. The molecule has 5 heteroatoms. The molecule has 128 valence electrons. The van der Waals surface area contributed by atoms with Crippen LogP contribution < -0.4 is 15.4 Å². The van der Waals surface area contributed by atoms with Crippen LogP contribution in [0.4, 0.5) is 0 Å². The lowest BCUT2D eigenvalue weighted by atomic mass is 10.1. The summed E-state index contributed by atoms with van der Waals surface area (Å²) in [6.45, 7) is 9.37. The Morgan fingerprint density at radius 1 is 1.26 bits per heavy atom. The van der Waals surface area contributed by atoms with Crippen molar-refractivity contribution < 1.29 is 4.74 Å². The number of hydrogen-bond acceptors (Lipinski definition) is 3. The molecule has 23 heavy (non-hydrogen) atoms. The monoisotopic (exact) mass is 318 g/mol. The number of aliphatic imine (C=N–C) groups is 1. The first-order valence-electron chi connectivity index (χ1n) is 8.68. The minimum Gasteiger partial charge on any atom is -0.488 e. The van der Waals surface area contributed by atoms with Gasteiger partial charge in [-0.15, -0.1) is 0 Å². The van der Waals surface area contributed by atoms with E-state index in [4.69, 9.17) is 4.74 Å². The smallest absolute Gasteiger partial charge is 0.191 e. The Balaban J connectivity index is 1.68. The quantitative estimate of drug-likeness (QED) is 0.568. The Bertz CT molecular complexity index is 479. The number of benzene rings is 1. The van der Waals surface area contributed by atoms with Gasteiger partial charge >= 0.3 is 0 Å². The van der Waals surface area contributed by atoms with Crippen LogP contribution in [0.15, 0.2) is 29.3 Å². The Morgan fingerprint density at radius 2 is 2.09 bits per heavy atom.